The summed E-state index contributed by atoms with van der Waals surface area (Å²) in [4.78, 5) is 35.6. The molecule has 6 heteroatoms. The van der Waals surface area contributed by atoms with Gasteiger partial charge in [0.05, 0.1) is 13.0 Å². The van der Waals surface area contributed by atoms with Crippen LogP contribution in [0.2, 0.25) is 0 Å². The van der Waals surface area contributed by atoms with Crippen LogP contribution in [0.1, 0.15) is 38.2 Å². The molecular weight excluding hydrogens is 299 g/mol. The summed E-state index contributed by atoms with van der Waals surface area (Å²) in [6, 6.07) is 6.18. The molecule has 2 rings (SSSR count). The Labute approximate surface area is 135 Å². The molecule has 1 aliphatic heterocycles. The molecule has 1 N–H and O–H groups in total. The standard InChI is InChI=1S/C17H21FN2O3/c1-13-5-4-10-20(13,12-21)17(23)9-8-16(22)19-11-14-6-2-3-7-15(14)18/h2-3,6-7,12-13H,4-5,8-11H2,1H3/p+1/t13-,20?/m1/s1. The first kappa shape index (κ1) is 17.3. The van der Waals surface area contributed by atoms with Crippen molar-refractivity contribution < 1.29 is 23.3 Å². The number of likely N-dealkylation sites (tertiary alicyclic amines) is 1. The van der Waals surface area contributed by atoms with Crippen molar-refractivity contribution in [3.8, 4) is 0 Å². The summed E-state index contributed by atoms with van der Waals surface area (Å²) < 4.78 is 13.3. The molecule has 1 aromatic carbocycles. The fourth-order valence-electron chi connectivity index (χ4n) is 3.04. The highest BCUT2D eigenvalue weighted by atomic mass is 19.1. The van der Waals surface area contributed by atoms with Gasteiger partial charge in [-0.1, -0.05) is 18.2 Å². The number of hydrogen-bond acceptors (Lipinski definition) is 3. The van der Waals surface area contributed by atoms with E-state index in [2.05, 4.69) is 5.32 Å². The molecule has 3 amide bonds. The zero-order valence-electron chi connectivity index (χ0n) is 13.3. The van der Waals surface area contributed by atoms with E-state index in [0.29, 0.717) is 18.5 Å². The number of nitrogens with zero attached hydrogens (tertiary/aromatic N) is 1. The monoisotopic (exact) mass is 321 g/mol. The molecule has 1 aromatic rings. The Bertz CT molecular complexity index is 605. The van der Waals surface area contributed by atoms with Gasteiger partial charge in [0.1, 0.15) is 11.9 Å². The van der Waals surface area contributed by atoms with E-state index in [1.54, 1.807) is 18.2 Å². The third kappa shape index (κ3) is 3.82. The van der Waals surface area contributed by atoms with Crippen LogP contribution in [-0.4, -0.2) is 35.3 Å². The number of rotatable bonds is 6. The van der Waals surface area contributed by atoms with Gasteiger partial charge in [-0.25, -0.2) is 14.0 Å². The maximum atomic E-state index is 13.5. The van der Waals surface area contributed by atoms with Crippen LogP contribution in [0.5, 0.6) is 0 Å². The Balaban J connectivity index is 1.83. The number of hydrogen-bond donors (Lipinski definition) is 1. The maximum Gasteiger partial charge on any atom is 0.321 e. The van der Waals surface area contributed by atoms with Crippen LogP contribution in [0.4, 0.5) is 4.39 Å². The molecule has 1 unspecified atom stereocenters. The predicted octanol–water partition coefficient (Wildman–Crippen LogP) is 1.90. The van der Waals surface area contributed by atoms with Crippen LogP contribution >= 0.6 is 0 Å². The molecule has 0 spiro atoms. The summed E-state index contributed by atoms with van der Waals surface area (Å²) in [7, 11) is 0. The highest BCUT2D eigenvalue weighted by Gasteiger charge is 2.45. The van der Waals surface area contributed by atoms with Crippen molar-refractivity contribution in [3.05, 3.63) is 35.6 Å². The van der Waals surface area contributed by atoms with E-state index in [1.165, 1.54) is 6.07 Å². The number of imide groups is 1. The Hall–Kier alpha value is -2.08. The lowest BCUT2D eigenvalue weighted by atomic mass is 10.2. The molecule has 2 atom stereocenters. The fourth-order valence-corrected chi connectivity index (χ4v) is 3.04. The van der Waals surface area contributed by atoms with Crippen LogP contribution in [0.25, 0.3) is 0 Å². The molecule has 0 bridgehead atoms. The second kappa shape index (κ2) is 7.46. The van der Waals surface area contributed by atoms with E-state index in [-0.39, 0.29) is 47.5 Å². The van der Waals surface area contributed by atoms with E-state index in [0.717, 1.165) is 12.8 Å². The van der Waals surface area contributed by atoms with Crippen molar-refractivity contribution in [1.82, 2.24) is 5.32 Å². The first-order chi connectivity index (χ1) is 11.0. The number of amides is 3. The molecular formula is C17H22FN2O3+. The number of halogens is 1. The summed E-state index contributed by atoms with van der Waals surface area (Å²) in [5.41, 5.74) is 0.400. The zero-order valence-corrected chi connectivity index (χ0v) is 13.3. The lowest BCUT2D eigenvalue weighted by Crippen LogP contribution is -2.54. The first-order valence-electron chi connectivity index (χ1n) is 7.87. The average Bonchev–Trinajstić information content (AvgIpc) is 2.93. The van der Waals surface area contributed by atoms with E-state index >= 15 is 0 Å². The highest BCUT2D eigenvalue weighted by molar-refractivity contribution is 5.83. The van der Waals surface area contributed by atoms with E-state index in [1.807, 2.05) is 6.92 Å². The number of carbonyl (C=O) groups is 3. The largest absolute Gasteiger partial charge is 0.352 e. The Morgan fingerprint density at radius 1 is 1.35 bits per heavy atom. The lowest BCUT2D eigenvalue weighted by Gasteiger charge is -2.28. The van der Waals surface area contributed by atoms with Crippen molar-refractivity contribution in [3.63, 3.8) is 0 Å². The van der Waals surface area contributed by atoms with Crippen molar-refractivity contribution in [1.29, 1.82) is 0 Å². The van der Waals surface area contributed by atoms with Gasteiger partial charge in [-0.3, -0.25) is 4.79 Å². The van der Waals surface area contributed by atoms with Crippen LogP contribution in [0, 0.1) is 5.82 Å². The number of quaternary nitrogens is 1. The number of carbonyl (C=O) groups excluding carboxylic acids is 3. The van der Waals surface area contributed by atoms with Gasteiger partial charge in [0.2, 0.25) is 5.91 Å². The predicted molar refractivity (Wildman–Crippen MR) is 82.4 cm³/mol. The van der Waals surface area contributed by atoms with E-state index in [9.17, 15) is 18.8 Å². The minimum absolute atomic E-state index is 0.00778. The van der Waals surface area contributed by atoms with E-state index < -0.39 is 0 Å². The molecule has 23 heavy (non-hydrogen) atoms. The Kier molecular flexibility index (Phi) is 5.60. The minimum Gasteiger partial charge on any atom is -0.352 e. The van der Waals surface area contributed by atoms with Crippen LogP contribution in [0.3, 0.4) is 0 Å². The van der Waals surface area contributed by atoms with Crippen LogP contribution in [0.15, 0.2) is 24.3 Å². The van der Waals surface area contributed by atoms with Crippen LogP contribution in [-0.2, 0) is 20.9 Å². The number of benzene rings is 1. The molecule has 0 aromatic heterocycles. The molecule has 124 valence electrons. The zero-order chi connectivity index (χ0) is 16.9. The fraction of sp³-hybridized carbons (Fsp3) is 0.471. The summed E-state index contributed by atoms with van der Waals surface area (Å²) >= 11 is 0. The summed E-state index contributed by atoms with van der Waals surface area (Å²) in [6.45, 7) is 2.49. The van der Waals surface area contributed by atoms with Crippen molar-refractivity contribution in [2.75, 3.05) is 6.54 Å². The summed E-state index contributed by atoms with van der Waals surface area (Å²) in [6.07, 6.45) is 2.41. The SMILES string of the molecule is C[C@@H]1CCC[N+]1(C=O)C(=O)CCC(=O)NCc1ccccc1F. The van der Waals surface area contributed by atoms with Gasteiger partial charge in [0, 0.05) is 31.4 Å². The second-order valence-electron chi connectivity index (χ2n) is 6.01. The molecule has 0 saturated carbocycles. The molecule has 1 fully saturated rings. The molecule has 0 radical (unpaired) electrons. The maximum absolute atomic E-state index is 13.5. The lowest BCUT2D eigenvalue weighted by molar-refractivity contribution is -0.780. The Morgan fingerprint density at radius 3 is 2.70 bits per heavy atom. The third-order valence-corrected chi connectivity index (χ3v) is 4.59. The van der Waals surface area contributed by atoms with Gasteiger partial charge in [-0.15, -0.1) is 0 Å². The van der Waals surface area contributed by atoms with Gasteiger partial charge in [-0.2, -0.15) is 4.48 Å². The quantitative estimate of drug-likeness (QED) is 0.643. The molecule has 1 aliphatic rings. The second-order valence-corrected chi connectivity index (χ2v) is 6.01. The van der Waals surface area contributed by atoms with Gasteiger partial charge < -0.3 is 5.32 Å². The summed E-state index contributed by atoms with van der Waals surface area (Å²) in [5.74, 6) is -0.913. The average molecular weight is 321 g/mol. The van der Waals surface area contributed by atoms with Gasteiger partial charge in [0.15, 0.2) is 0 Å². The van der Waals surface area contributed by atoms with E-state index in [4.69, 9.17) is 0 Å². The molecule has 0 aliphatic carbocycles. The molecule has 5 nitrogen and oxygen atoms in total. The Morgan fingerprint density at radius 2 is 2.09 bits per heavy atom. The molecule has 1 heterocycles. The van der Waals surface area contributed by atoms with Gasteiger partial charge in [0.25, 0.3) is 0 Å². The van der Waals surface area contributed by atoms with Crippen molar-refractivity contribution in [2.24, 2.45) is 0 Å². The first-order valence-corrected chi connectivity index (χ1v) is 7.87. The summed E-state index contributed by atoms with van der Waals surface area (Å²) in [5, 5.41) is 2.60. The topological polar surface area (TPSA) is 63.2 Å². The van der Waals surface area contributed by atoms with Crippen molar-refractivity contribution >= 4 is 18.2 Å². The van der Waals surface area contributed by atoms with Crippen LogP contribution < -0.4 is 5.32 Å². The highest BCUT2D eigenvalue weighted by Crippen LogP contribution is 2.26. The van der Waals surface area contributed by atoms with Crippen molar-refractivity contribution in [2.45, 2.75) is 45.2 Å². The third-order valence-electron chi connectivity index (χ3n) is 4.59. The smallest absolute Gasteiger partial charge is 0.321 e. The number of nitrogens with one attached hydrogen (secondary N) is 1. The molecule has 1 saturated heterocycles. The van der Waals surface area contributed by atoms with Gasteiger partial charge >= 0.3 is 12.3 Å². The van der Waals surface area contributed by atoms with Gasteiger partial charge in [-0.05, 0) is 13.0 Å². The normalized spacial score (nSPS) is 23.5. The minimum atomic E-state index is -0.375.